The first-order valence-corrected chi connectivity index (χ1v) is 11.8. The topological polar surface area (TPSA) is 111 Å². The molecule has 1 atom stereocenters. The van der Waals surface area contributed by atoms with Gasteiger partial charge in [-0.15, -0.1) is 0 Å². The lowest BCUT2D eigenvalue weighted by Gasteiger charge is -2.20. The number of carbonyl (C=O) groups is 2. The molecule has 0 saturated heterocycles. The van der Waals surface area contributed by atoms with Crippen molar-refractivity contribution in [3.63, 3.8) is 0 Å². The highest BCUT2D eigenvalue weighted by Gasteiger charge is 2.23. The Hall–Kier alpha value is -3.39. The van der Waals surface area contributed by atoms with Gasteiger partial charge < -0.3 is 24.3 Å². The van der Waals surface area contributed by atoms with Crippen molar-refractivity contribution in [2.75, 3.05) is 19.7 Å². The minimum atomic E-state index is -1.13. The van der Waals surface area contributed by atoms with Crippen LogP contribution < -0.4 is 14.8 Å². The molecule has 0 bridgehead atoms. The highest BCUT2D eigenvalue weighted by atomic mass is 16.6. The zero-order valence-corrected chi connectivity index (χ0v) is 19.1. The molecule has 1 saturated carbocycles. The second kappa shape index (κ2) is 11.7. The summed E-state index contributed by atoms with van der Waals surface area (Å²) in [5.41, 5.74) is 1.93. The maximum absolute atomic E-state index is 12.2. The van der Waals surface area contributed by atoms with Crippen LogP contribution in [0.15, 0.2) is 52.9 Å². The summed E-state index contributed by atoms with van der Waals surface area (Å²) in [6.45, 7) is 1.42. The molecule has 2 aromatic carbocycles. The Bertz CT molecular complexity index is 1060. The minimum absolute atomic E-state index is 0.0666. The highest BCUT2D eigenvalue weighted by Crippen LogP contribution is 2.24. The van der Waals surface area contributed by atoms with Crippen molar-refractivity contribution < 1.29 is 28.6 Å². The van der Waals surface area contributed by atoms with Crippen LogP contribution >= 0.6 is 0 Å². The Labute approximate surface area is 198 Å². The van der Waals surface area contributed by atoms with E-state index in [0.29, 0.717) is 42.3 Å². The van der Waals surface area contributed by atoms with Gasteiger partial charge in [0.25, 0.3) is 0 Å². The molecule has 1 aromatic heterocycles. The number of benzene rings is 2. The van der Waals surface area contributed by atoms with Crippen molar-refractivity contribution in [1.82, 2.24) is 10.3 Å². The van der Waals surface area contributed by atoms with Crippen LogP contribution in [-0.2, 0) is 16.0 Å². The minimum Gasteiger partial charge on any atom is -0.492 e. The number of ketones is 1. The average Bonchev–Trinajstić information content (AvgIpc) is 3.27. The number of fused-ring (bicyclic) bond motifs is 1. The summed E-state index contributed by atoms with van der Waals surface area (Å²) in [7, 11) is 0. The first kappa shape index (κ1) is 23.8. The van der Waals surface area contributed by atoms with Crippen molar-refractivity contribution in [3.05, 3.63) is 54.1 Å². The summed E-state index contributed by atoms with van der Waals surface area (Å²) in [5, 5.41) is 12.7. The van der Waals surface area contributed by atoms with Gasteiger partial charge in [0.1, 0.15) is 23.7 Å². The van der Waals surface area contributed by atoms with Gasteiger partial charge in [-0.2, -0.15) is 4.98 Å². The Morgan fingerprint density at radius 3 is 2.59 bits per heavy atom. The van der Waals surface area contributed by atoms with Crippen LogP contribution in [0, 0.1) is 5.92 Å². The zero-order chi connectivity index (χ0) is 23.8. The van der Waals surface area contributed by atoms with Gasteiger partial charge >= 0.3 is 12.0 Å². The fourth-order valence-electron chi connectivity index (χ4n) is 4.16. The smallest absolute Gasteiger partial charge is 0.395 e. The van der Waals surface area contributed by atoms with E-state index in [1.165, 1.54) is 6.42 Å². The van der Waals surface area contributed by atoms with E-state index >= 15 is 0 Å². The highest BCUT2D eigenvalue weighted by molar-refractivity contribution is 5.83. The number of aliphatic carboxylic acids is 1. The Morgan fingerprint density at radius 1 is 1.09 bits per heavy atom. The molecule has 0 unspecified atom stereocenters. The third kappa shape index (κ3) is 6.57. The van der Waals surface area contributed by atoms with Gasteiger partial charge in [-0.05, 0) is 42.7 Å². The van der Waals surface area contributed by atoms with Gasteiger partial charge in [-0.25, -0.2) is 4.79 Å². The van der Waals surface area contributed by atoms with Crippen LogP contribution in [0.2, 0.25) is 0 Å². The predicted octanol–water partition coefficient (Wildman–Crippen LogP) is 4.02. The van der Waals surface area contributed by atoms with Crippen LogP contribution in [0.25, 0.3) is 11.1 Å². The van der Waals surface area contributed by atoms with E-state index < -0.39 is 12.1 Å². The van der Waals surface area contributed by atoms with Gasteiger partial charge in [0.05, 0.1) is 6.54 Å². The third-order valence-corrected chi connectivity index (χ3v) is 6.04. The van der Waals surface area contributed by atoms with E-state index in [4.69, 9.17) is 13.9 Å². The molecule has 2 N–H and O–H groups in total. The summed E-state index contributed by atoms with van der Waals surface area (Å²) in [6, 6.07) is 14.3. The summed E-state index contributed by atoms with van der Waals surface area (Å²) in [4.78, 5) is 28.1. The van der Waals surface area contributed by atoms with Crippen LogP contribution in [0.5, 0.6) is 11.8 Å². The molecule has 1 aliphatic rings. The maximum atomic E-state index is 12.2. The standard InChI is InChI=1S/C26H30N2O6/c29-22(19-6-2-1-3-7-19)17-27-14-15-32-20-12-10-18(11-13-20)16-24(25(30)31)34-26-28-21-8-4-5-9-23(21)33-26/h4-5,8-13,19,24,27H,1-3,6-7,14-17H2,(H,30,31)/t24-/m0/s1. The first-order valence-electron chi connectivity index (χ1n) is 11.8. The van der Waals surface area contributed by atoms with Crippen molar-refractivity contribution in [1.29, 1.82) is 0 Å². The number of hydrogen-bond acceptors (Lipinski definition) is 7. The van der Waals surface area contributed by atoms with E-state index in [1.807, 2.05) is 12.1 Å². The molecule has 0 amide bonds. The molecule has 8 nitrogen and oxygen atoms in total. The fraction of sp³-hybridized carbons (Fsp3) is 0.423. The zero-order valence-electron chi connectivity index (χ0n) is 19.1. The molecule has 1 fully saturated rings. The van der Waals surface area contributed by atoms with Gasteiger partial charge in [0.15, 0.2) is 5.58 Å². The Kier molecular flexibility index (Phi) is 8.14. The van der Waals surface area contributed by atoms with Gasteiger partial charge in [0, 0.05) is 18.9 Å². The van der Waals surface area contributed by atoms with Crippen molar-refractivity contribution in [2.24, 2.45) is 5.92 Å². The summed E-state index contributed by atoms with van der Waals surface area (Å²) >= 11 is 0. The largest absolute Gasteiger partial charge is 0.492 e. The number of nitrogens with one attached hydrogen (secondary N) is 1. The molecular weight excluding hydrogens is 436 g/mol. The van der Waals surface area contributed by atoms with Crippen LogP contribution in [-0.4, -0.2) is 47.6 Å². The number of oxazole rings is 1. The number of carbonyl (C=O) groups excluding carboxylic acids is 1. The lowest BCUT2D eigenvalue weighted by molar-refractivity contribution is -0.145. The van der Waals surface area contributed by atoms with Crippen molar-refractivity contribution in [3.8, 4) is 11.8 Å². The summed E-state index contributed by atoms with van der Waals surface area (Å²) < 4.78 is 16.7. The van der Waals surface area contributed by atoms with Crippen LogP contribution in [0.3, 0.4) is 0 Å². The van der Waals surface area contributed by atoms with Crippen LogP contribution in [0.1, 0.15) is 37.7 Å². The molecule has 3 aromatic rings. The molecular formula is C26H30N2O6. The molecule has 0 spiro atoms. The van der Waals surface area contributed by atoms with Crippen LogP contribution in [0.4, 0.5) is 0 Å². The number of carboxylic acids is 1. The second-order valence-electron chi connectivity index (χ2n) is 8.57. The molecule has 4 rings (SSSR count). The van der Waals surface area contributed by atoms with Gasteiger partial charge in [0.2, 0.25) is 6.10 Å². The quantitative estimate of drug-likeness (QED) is 0.385. The molecule has 8 heteroatoms. The molecule has 0 radical (unpaired) electrons. The molecule has 180 valence electrons. The normalized spacial score (nSPS) is 15.2. The van der Waals surface area contributed by atoms with E-state index in [2.05, 4.69) is 10.3 Å². The molecule has 34 heavy (non-hydrogen) atoms. The summed E-state index contributed by atoms with van der Waals surface area (Å²) in [5.74, 6) is 0.0976. The van der Waals surface area contributed by atoms with E-state index in [9.17, 15) is 14.7 Å². The van der Waals surface area contributed by atoms with E-state index in [-0.39, 0.29) is 18.4 Å². The van der Waals surface area contributed by atoms with E-state index in [0.717, 1.165) is 31.2 Å². The summed E-state index contributed by atoms with van der Waals surface area (Å²) in [6.07, 6.45) is 4.55. The number of rotatable bonds is 12. The monoisotopic (exact) mass is 466 g/mol. The number of aromatic nitrogens is 1. The number of hydrogen-bond donors (Lipinski definition) is 2. The predicted molar refractivity (Wildman–Crippen MR) is 126 cm³/mol. The Morgan fingerprint density at radius 2 is 1.85 bits per heavy atom. The molecule has 0 aliphatic heterocycles. The maximum Gasteiger partial charge on any atom is 0.395 e. The first-order chi connectivity index (χ1) is 16.6. The lowest BCUT2D eigenvalue weighted by atomic mass is 9.86. The number of para-hydroxylation sites is 2. The third-order valence-electron chi connectivity index (χ3n) is 6.04. The van der Waals surface area contributed by atoms with Gasteiger partial charge in [-0.1, -0.05) is 43.5 Å². The SMILES string of the molecule is O=C(CNCCOc1ccc(C[C@H](Oc2nc3ccccc3o2)C(=O)O)cc1)C1CCCCC1. The molecule has 1 heterocycles. The van der Waals surface area contributed by atoms with Crippen molar-refractivity contribution >= 4 is 22.9 Å². The fourth-order valence-corrected chi connectivity index (χ4v) is 4.16. The Balaban J connectivity index is 1.21. The average molecular weight is 467 g/mol. The number of Topliss-reactive ketones (excluding diaryl/α,β-unsaturated/α-hetero) is 1. The van der Waals surface area contributed by atoms with Gasteiger partial charge in [-0.3, -0.25) is 4.79 Å². The molecule has 1 aliphatic carbocycles. The van der Waals surface area contributed by atoms with E-state index in [1.54, 1.807) is 36.4 Å². The van der Waals surface area contributed by atoms with Crippen molar-refractivity contribution in [2.45, 2.75) is 44.6 Å². The number of nitrogens with zero attached hydrogens (tertiary/aromatic N) is 1. The number of carboxylic acid groups (broad SMARTS) is 1. The lowest BCUT2D eigenvalue weighted by Crippen LogP contribution is -2.32. The number of ether oxygens (including phenoxy) is 2. The second-order valence-corrected chi connectivity index (χ2v) is 8.57.